The minimum atomic E-state index is -3.30. The van der Waals surface area contributed by atoms with E-state index in [1.165, 1.54) is 24.1 Å². The quantitative estimate of drug-likeness (QED) is 0.259. The van der Waals surface area contributed by atoms with Crippen molar-refractivity contribution in [1.82, 2.24) is 19.6 Å². The molecule has 0 aliphatic carbocycles. The number of hydrogen-bond acceptors (Lipinski definition) is 4. The van der Waals surface area contributed by atoms with Gasteiger partial charge in [0.15, 0.2) is 0 Å². The zero-order valence-corrected chi connectivity index (χ0v) is 19.4. The molecule has 0 saturated heterocycles. The van der Waals surface area contributed by atoms with E-state index in [4.69, 9.17) is 24.4 Å². The maximum absolute atomic E-state index is 12.1. The fourth-order valence-electron chi connectivity index (χ4n) is 2.45. The molecule has 0 aromatic heterocycles. The molecule has 0 aliphatic rings. The van der Waals surface area contributed by atoms with Crippen LogP contribution in [0.15, 0.2) is 60.7 Å². The summed E-state index contributed by atoms with van der Waals surface area (Å²) in [6.07, 6.45) is 0. The second-order valence-corrected chi connectivity index (χ2v) is 8.83. The van der Waals surface area contributed by atoms with Gasteiger partial charge in [0.1, 0.15) is 16.6 Å². The van der Waals surface area contributed by atoms with Crippen LogP contribution in [0.25, 0.3) is 0 Å². The summed E-state index contributed by atoms with van der Waals surface area (Å²) < 4.78 is 26.2. The average molecular weight is 472 g/mol. The highest BCUT2D eigenvalue weighted by Gasteiger charge is 2.28. The second-order valence-electron chi connectivity index (χ2n) is 5.90. The Kier molecular flexibility index (Phi) is 9.07. The lowest BCUT2D eigenvalue weighted by atomic mass is 10.2. The van der Waals surface area contributed by atoms with Crippen molar-refractivity contribution in [3.8, 4) is 0 Å². The average Bonchev–Trinajstić information content (AvgIpc) is 2.73. The first-order valence-electron chi connectivity index (χ1n) is 8.41. The Hall–Kier alpha value is -1.48. The first-order chi connectivity index (χ1) is 13.7. The third kappa shape index (κ3) is 6.25. The molecule has 2 N–H and O–H groups in total. The molecule has 0 bridgehead atoms. The fourth-order valence-corrected chi connectivity index (χ4v) is 4.43. The third-order valence-electron chi connectivity index (χ3n) is 4.06. The van der Waals surface area contributed by atoms with Crippen LogP contribution in [-0.4, -0.2) is 60.1 Å². The van der Waals surface area contributed by atoms with Gasteiger partial charge in [0.25, 0.3) is 16.4 Å². The van der Waals surface area contributed by atoms with E-state index >= 15 is 0 Å². The zero-order valence-electron chi connectivity index (χ0n) is 15.8. The molecule has 0 amide bonds. The Bertz CT molecular complexity index is 831. The highest BCUT2D eigenvalue weighted by atomic mass is 32.1. The first kappa shape index (κ1) is 23.8. The standard InChI is InChI=1S/C17H22N4O4P2S2/c1-18(16(28)14-9-5-3-6-10-14)20(26(22)23)13-21(27(24)25)19(2)17(29)15-11-7-4-8-12-15/h3-12,26-27H,13H2,1-2H3,(H,22,23)(H,24,25). The highest BCUT2D eigenvalue weighted by Crippen LogP contribution is 2.31. The second kappa shape index (κ2) is 11.1. The molecule has 0 radical (unpaired) electrons. The van der Waals surface area contributed by atoms with E-state index in [9.17, 15) is 18.9 Å². The summed E-state index contributed by atoms with van der Waals surface area (Å²) in [4.78, 5) is 20.3. The first-order valence-corrected chi connectivity index (χ1v) is 11.8. The fraction of sp³-hybridized carbons (Fsp3) is 0.176. The molecule has 29 heavy (non-hydrogen) atoms. The highest BCUT2D eigenvalue weighted by molar-refractivity contribution is 7.81. The summed E-state index contributed by atoms with van der Waals surface area (Å²) in [6.45, 7) is -0.366. The molecule has 2 aromatic rings. The number of hydrogen-bond donors (Lipinski definition) is 2. The molecule has 12 heteroatoms. The van der Waals surface area contributed by atoms with Gasteiger partial charge in [-0.05, 0) is 0 Å². The van der Waals surface area contributed by atoms with Crippen molar-refractivity contribution in [2.24, 2.45) is 0 Å². The predicted molar refractivity (Wildman–Crippen MR) is 123 cm³/mol. The summed E-state index contributed by atoms with van der Waals surface area (Å²) in [5.74, 6) is 0. The van der Waals surface area contributed by atoms with Crippen LogP contribution < -0.4 is 0 Å². The minimum absolute atomic E-state index is 0.295. The van der Waals surface area contributed by atoms with E-state index in [1.54, 1.807) is 48.5 Å². The molecule has 0 spiro atoms. The number of benzene rings is 2. The van der Waals surface area contributed by atoms with Gasteiger partial charge in [-0.25, -0.2) is 0 Å². The molecule has 0 fully saturated rings. The smallest absolute Gasteiger partial charge is 0.277 e. The van der Waals surface area contributed by atoms with E-state index in [0.717, 1.165) is 9.56 Å². The van der Waals surface area contributed by atoms with Gasteiger partial charge in [-0.3, -0.25) is 19.1 Å². The Labute approximate surface area is 181 Å². The van der Waals surface area contributed by atoms with Crippen molar-refractivity contribution >= 4 is 50.8 Å². The van der Waals surface area contributed by atoms with Crippen LogP contribution in [0.1, 0.15) is 11.1 Å². The van der Waals surface area contributed by atoms with Crippen molar-refractivity contribution in [3.05, 3.63) is 71.8 Å². The molecule has 2 atom stereocenters. The van der Waals surface area contributed by atoms with Gasteiger partial charge in [-0.1, -0.05) is 85.1 Å². The lowest BCUT2D eigenvalue weighted by molar-refractivity contribution is 0.0543. The van der Waals surface area contributed by atoms with Crippen LogP contribution in [0.5, 0.6) is 0 Å². The summed E-state index contributed by atoms with van der Waals surface area (Å²) in [7, 11) is -3.55. The summed E-state index contributed by atoms with van der Waals surface area (Å²) >= 11 is 10.8. The molecule has 0 aliphatic heterocycles. The van der Waals surface area contributed by atoms with Crippen LogP contribution >= 0.6 is 40.8 Å². The van der Waals surface area contributed by atoms with Crippen molar-refractivity contribution in [2.45, 2.75) is 0 Å². The normalized spacial score (nSPS) is 13.2. The minimum Gasteiger partial charge on any atom is -0.334 e. The topological polar surface area (TPSA) is 87.6 Å². The lowest BCUT2D eigenvalue weighted by Crippen LogP contribution is -2.48. The Morgan fingerprint density at radius 2 is 1.07 bits per heavy atom. The van der Waals surface area contributed by atoms with Gasteiger partial charge in [-0.15, -0.1) is 9.56 Å². The molecule has 2 unspecified atom stereocenters. The summed E-state index contributed by atoms with van der Waals surface area (Å²) in [6, 6.07) is 17.9. The van der Waals surface area contributed by atoms with E-state index in [0.29, 0.717) is 21.1 Å². The van der Waals surface area contributed by atoms with E-state index < -0.39 is 16.4 Å². The molecular formula is C17H22N4O4P2S2. The van der Waals surface area contributed by atoms with Crippen LogP contribution in [0.2, 0.25) is 0 Å². The molecule has 2 rings (SSSR count). The van der Waals surface area contributed by atoms with E-state index in [1.807, 2.05) is 12.1 Å². The third-order valence-corrected chi connectivity index (χ3v) is 6.83. The number of hydrazine groups is 2. The number of thiocarbonyl (C=S) groups is 2. The molecule has 8 nitrogen and oxygen atoms in total. The van der Waals surface area contributed by atoms with Crippen LogP contribution in [-0.2, 0) is 9.13 Å². The lowest BCUT2D eigenvalue weighted by Gasteiger charge is -2.38. The van der Waals surface area contributed by atoms with Gasteiger partial charge >= 0.3 is 0 Å². The predicted octanol–water partition coefficient (Wildman–Crippen LogP) is 2.76. The van der Waals surface area contributed by atoms with Gasteiger partial charge in [0.05, 0.1) is 0 Å². The van der Waals surface area contributed by atoms with Crippen molar-refractivity contribution < 1.29 is 18.9 Å². The van der Waals surface area contributed by atoms with E-state index in [-0.39, 0.29) is 6.67 Å². The SMILES string of the molecule is CN(C(=S)c1ccccc1)N(CN(N(C)C(=S)c1ccccc1)[PH](=O)O)[PH](=O)O. The van der Waals surface area contributed by atoms with Crippen LogP contribution in [0.3, 0.4) is 0 Å². The van der Waals surface area contributed by atoms with E-state index in [2.05, 4.69) is 0 Å². The molecule has 2 aromatic carbocycles. The summed E-state index contributed by atoms with van der Waals surface area (Å²) in [5.41, 5.74) is 1.35. The maximum atomic E-state index is 12.1. The zero-order chi connectivity index (χ0) is 21.6. The Morgan fingerprint density at radius 1 is 0.759 bits per heavy atom. The van der Waals surface area contributed by atoms with Crippen molar-refractivity contribution in [1.29, 1.82) is 0 Å². The molecule has 0 saturated carbocycles. The number of rotatable bonds is 8. The molecular weight excluding hydrogens is 450 g/mol. The number of nitrogens with zero attached hydrogens (tertiary/aromatic N) is 4. The van der Waals surface area contributed by atoms with Gasteiger partial charge in [-0.2, -0.15) is 0 Å². The summed E-state index contributed by atoms with van der Waals surface area (Å²) in [5, 5.41) is 2.65. The van der Waals surface area contributed by atoms with Crippen LogP contribution in [0.4, 0.5) is 0 Å². The van der Waals surface area contributed by atoms with Gasteiger partial charge < -0.3 is 9.79 Å². The van der Waals surface area contributed by atoms with Crippen molar-refractivity contribution in [2.75, 3.05) is 20.8 Å². The largest absolute Gasteiger partial charge is 0.334 e. The Balaban J connectivity index is 2.25. The van der Waals surface area contributed by atoms with Crippen LogP contribution in [0, 0.1) is 0 Å². The monoisotopic (exact) mass is 472 g/mol. The Morgan fingerprint density at radius 3 is 1.34 bits per heavy atom. The molecule has 0 heterocycles. The maximum Gasteiger partial charge on any atom is 0.277 e. The van der Waals surface area contributed by atoms with Gasteiger partial charge in [0, 0.05) is 25.2 Å². The molecule has 156 valence electrons. The van der Waals surface area contributed by atoms with Crippen molar-refractivity contribution in [3.63, 3.8) is 0 Å². The van der Waals surface area contributed by atoms with Gasteiger partial charge in [0.2, 0.25) is 0 Å².